The Balaban J connectivity index is 1.80. The summed E-state index contributed by atoms with van der Waals surface area (Å²) in [6.07, 6.45) is 2.20. The van der Waals surface area contributed by atoms with E-state index < -0.39 is 11.6 Å². The van der Waals surface area contributed by atoms with Gasteiger partial charge in [-0.1, -0.05) is 30.3 Å². The first-order chi connectivity index (χ1) is 12.9. The van der Waals surface area contributed by atoms with Gasteiger partial charge >= 0.3 is 6.03 Å². The minimum absolute atomic E-state index is 0.0564. The number of anilines is 2. The Morgan fingerprint density at radius 2 is 1.74 bits per heavy atom. The number of rotatable bonds is 6. The van der Waals surface area contributed by atoms with E-state index in [4.69, 9.17) is 0 Å². The minimum atomic E-state index is -0.708. The van der Waals surface area contributed by atoms with E-state index in [1.807, 2.05) is 37.3 Å². The first kappa shape index (κ1) is 19.1. The van der Waals surface area contributed by atoms with Crippen LogP contribution in [0.3, 0.4) is 0 Å². The highest BCUT2D eigenvalue weighted by Gasteiger charge is 2.34. The van der Waals surface area contributed by atoms with Crippen LogP contribution in [-0.2, 0) is 6.54 Å². The summed E-state index contributed by atoms with van der Waals surface area (Å²) in [5.41, 5.74) is 1.00. The van der Waals surface area contributed by atoms with Gasteiger partial charge in [-0.25, -0.2) is 13.6 Å². The molecule has 2 aromatic rings. The van der Waals surface area contributed by atoms with E-state index >= 15 is 0 Å². The zero-order valence-electron chi connectivity index (χ0n) is 15.9. The van der Waals surface area contributed by atoms with Gasteiger partial charge in [-0.05, 0) is 43.4 Å². The third-order valence-electron chi connectivity index (χ3n) is 4.97. The van der Waals surface area contributed by atoms with Gasteiger partial charge in [-0.15, -0.1) is 0 Å². The van der Waals surface area contributed by atoms with Crippen LogP contribution in [0, 0.1) is 17.6 Å². The van der Waals surface area contributed by atoms with Crippen molar-refractivity contribution >= 4 is 17.4 Å². The number of nitrogens with one attached hydrogen (secondary N) is 1. The quantitative estimate of drug-likeness (QED) is 0.785. The maximum absolute atomic E-state index is 14.2. The fourth-order valence-corrected chi connectivity index (χ4v) is 3.27. The Hall–Kier alpha value is -2.63. The molecule has 0 aromatic heterocycles. The van der Waals surface area contributed by atoms with E-state index in [1.165, 1.54) is 4.90 Å². The molecule has 1 saturated carbocycles. The second-order valence-corrected chi connectivity index (χ2v) is 7.30. The first-order valence-electron chi connectivity index (χ1n) is 9.14. The van der Waals surface area contributed by atoms with Crippen molar-refractivity contribution in [1.29, 1.82) is 0 Å². The molecule has 27 heavy (non-hydrogen) atoms. The van der Waals surface area contributed by atoms with Crippen LogP contribution in [0.4, 0.5) is 25.0 Å². The van der Waals surface area contributed by atoms with Crippen molar-refractivity contribution in [3.8, 4) is 0 Å². The van der Waals surface area contributed by atoms with Gasteiger partial charge < -0.3 is 15.1 Å². The SMILES string of the molecule is CC(C1CC1)N(Cc1ccccc1)C(=O)Nc1cc(F)c(N(C)C)c(F)c1. The lowest BCUT2D eigenvalue weighted by molar-refractivity contribution is 0.181. The molecule has 1 aliphatic carbocycles. The Morgan fingerprint density at radius 3 is 2.26 bits per heavy atom. The van der Waals surface area contributed by atoms with Gasteiger partial charge in [-0.2, -0.15) is 0 Å². The number of hydrogen-bond donors (Lipinski definition) is 1. The fraction of sp³-hybridized carbons (Fsp3) is 0.381. The Morgan fingerprint density at radius 1 is 1.15 bits per heavy atom. The molecule has 3 rings (SSSR count). The molecule has 0 radical (unpaired) electrons. The van der Waals surface area contributed by atoms with E-state index in [0.717, 1.165) is 30.5 Å². The highest BCUT2D eigenvalue weighted by Crippen LogP contribution is 2.36. The monoisotopic (exact) mass is 373 g/mol. The van der Waals surface area contributed by atoms with Crippen molar-refractivity contribution < 1.29 is 13.6 Å². The highest BCUT2D eigenvalue weighted by atomic mass is 19.1. The lowest BCUT2D eigenvalue weighted by Gasteiger charge is -2.30. The molecule has 0 aliphatic heterocycles. The summed E-state index contributed by atoms with van der Waals surface area (Å²) in [6.45, 7) is 2.47. The lowest BCUT2D eigenvalue weighted by Crippen LogP contribution is -2.42. The van der Waals surface area contributed by atoms with Crippen molar-refractivity contribution in [3.05, 3.63) is 59.7 Å². The van der Waals surface area contributed by atoms with Crippen LogP contribution in [0.5, 0.6) is 0 Å². The summed E-state index contributed by atoms with van der Waals surface area (Å²) in [6, 6.07) is 11.7. The van der Waals surface area contributed by atoms with Gasteiger partial charge in [0.1, 0.15) is 5.69 Å². The molecule has 4 nitrogen and oxygen atoms in total. The van der Waals surface area contributed by atoms with Crippen LogP contribution in [-0.4, -0.2) is 31.1 Å². The van der Waals surface area contributed by atoms with Gasteiger partial charge in [-0.3, -0.25) is 0 Å². The normalized spacial score (nSPS) is 14.6. The second-order valence-electron chi connectivity index (χ2n) is 7.30. The number of urea groups is 1. The lowest BCUT2D eigenvalue weighted by atomic mass is 10.1. The number of hydrogen-bond acceptors (Lipinski definition) is 2. The summed E-state index contributed by atoms with van der Waals surface area (Å²) in [5, 5.41) is 2.66. The molecule has 1 unspecified atom stereocenters. The maximum Gasteiger partial charge on any atom is 0.322 e. The standard InChI is InChI=1S/C21H25F2N3O/c1-14(16-9-10-16)26(13-15-7-5-4-6-8-15)21(27)24-17-11-18(22)20(25(2)3)19(23)12-17/h4-8,11-12,14,16H,9-10,13H2,1-3H3,(H,24,27). The molecule has 1 aliphatic rings. The molecule has 6 heteroatoms. The molecule has 1 atom stereocenters. The number of benzene rings is 2. The van der Waals surface area contributed by atoms with Gasteiger partial charge in [0, 0.05) is 32.4 Å². The van der Waals surface area contributed by atoms with Gasteiger partial charge in [0.2, 0.25) is 0 Å². The van der Waals surface area contributed by atoms with Crippen LogP contribution in [0.15, 0.2) is 42.5 Å². The van der Waals surface area contributed by atoms with Crippen LogP contribution in [0.25, 0.3) is 0 Å². The summed E-state index contributed by atoms with van der Waals surface area (Å²) >= 11 is 0. The largest absolute Gasteiger partial charge is 0.373 e. The van der Waals surface area contributed by atoms with E-state index in [1.54, 1.807) is 19.0 Å². The Kier molecular flexibility index (Phi) is 5.63. The van der Waals surface area contributed by atoms with Crippen molar-refractivity contribution in [2.45, 2.75) is 32.4 Å². The molecule has 0 saturated heterocycles. The molecule has 1 fully saturated rings. The third-order valence-corrected chi connectivity index (χ3v) is 4.97. The van der Waals surface area contributed by atoms with Crippen molar-refractivity contribution in [3.63, 3.8) is 0 Å². The molecule has 2 amide bonds. The van der Waals surface area contributed by atoms with Gasteiger partial charge in [0.15, 0.2) is 11.6 Å². The van der Waals surface area contributed by atoms with Crippen molar-refractivity contribution in [1.82, 2.24) is 4.90 Å². The molecular weight excluding hydrogens is 348 g/mol. The number of carbonyl (C=O) groups excluding carboxylic acids is 1. The fourth-order valence-electron chi connectivity index (χ4n) is 3.27. The predicted octanol–water partition coefficient (Wildman–Crippen LogP) is 4.86. The van der Waals surface area contributed by atoms with E-state index in [0.29, 0.717) is 12.5 Å². The molecule has 2 aromatic carbocycles. The average molecular weight is 373 g/mol. The van der Waals surface area contributed by atoms with Gasteiger partial charge in [0.05, 0.1) is 0 Å². The van der Waals surface area contributed by atoms with Crippen LogP contribution >= 0.6 is 0 Å². The van der Waals surface area contributed by atoms with E-state index in [-0.39, 0.29) is 23.4 Å². The first-order valence-corrected chi connectivity index (χ1v) is 9.14. The minimum Gasteiger partial charge on any atom is -0.373 e. The molecular formula is C21H25F2N3O. The second kappa shape index (κ2) is 7.94. The molecule has 0 heterocycles. The predicted molar refractivity (Wildman–Crippen MR) is 104 cm³/mol. The average Bonchev–Trinajstić information content (AvgIpc) is 3.44. The number of carbonyl (C=O) groups is 1. The van der Waals surface area contributed by atoms with Crippen molar-refractivity contribution in [2.75, 3.05) is 24.3 Å². The molecule has 1 N–H and O–H groups in total. The van der Waals surface area contributed by atoms with Crippen LogP contribution < -0.4 is 10.2 Å². The summed E-state index contributed by atoms with van der Waals surface area (Å²) in [7, 11) is 3.14. The maximum atomic E-state index is 14.2. The highest BCUT2D eigenvalue weighted by molar-refractivity contribution is 5.90. The summed E-state index contributed by atoms with van der Waals surface area (Å²) in [4.78, 5) is 16.0. The summed E-state index contributed by atoms with van der Waals surface area (Å²) in [5.74, 6) is -0.940. The smallest absolute Gasteiger partial charge is 0.322 e. The van der Waals surface area contributed by atoms with E-state index in [9.17, 15) is 13.6 Å². The molecule has 144 valence electrons. The molecule has 0 spiro atoms. The van der Waals surface area contributed by atoms with E-state index in [2.05, 4.69) is 5.32 Å². The summed E-state index contributed by atoms with van der Waals surface area (Å²) < 4.78 is 28.4. The van der Waals surface area contributed by atoms with Crippen LogP contribution in [0.2, 0.25) is 0 Å². The number of amides is 2. The van der Waals surface area contributed by atoms with Gasteiger partial charge in [0.25, 0.3) is 0 Å². The zero-order valence-corrected chi connectivity index (χ0v) is 15.9. The molecule has 0 bridgehead atoms. The Bertz CT molecular complexity index is 783. The van der Waals surface area contributed by atoms with Crippen molar-refractivity contribution in [2.24, 2.45) is 5.92 Å². The number of nitrogens with zero attached hydrogens (tertiary/aromatic N) is 2. The zero-order chi connectivity index (χ0) is 19.6. The van der Waals surface area contributed by atoms with Crippen LogP contribution in [0.1, 0.15) is 25.3 Å². The number of halogens is 2. The Labute approximate surface area is 158 Å². The third kappa shape index (κ3) is 4.56. The topological polar surface area (TPSA) is 35.6 Å².